The molecule has 2 unspecified atom stereocenters. The van der Waals surface area contributed by atoms with Crippen molar-refractivity contribution in [1.29, 1.82) is 0 Å². The molecule has 21 heavy (non-hydrogen) atoms. The van der Waals surface area contributed by atoms with Crippen molar-refractivity contribution in [2.45, 2.75) is 50.4 Å². The lowest BCUT2D eigenvalue weighted by Gasteiger charge is -2.15. The molecule has 1 aliphatic heterocycles. The van der Waals surface area contributed by atoms with Crippen LogP contribution in [0, 0.1) is 0 Å². The third-order valence-electron chi connectivity index (χ3n) is 4.29. The third-order valence-corrected chi connectivity index (χ3v) is 5.57. The zero-order valence-corrected chi connectivity index (χ0v) is 13.4. The van der Waals surface area contributed by atoms with Crippen molar-refractivity contribution in [1.82, 2.24) is 0 Å². The van der Waals surface area contributed by atoms with Crippen LogP contribution in [-0.2, 0) is 22.4 Å². The lowest BCUT2D eigenvalue weighted by molar-refractivity contribution is -0.115. The summed E-state index contributed by atoms with van der Waals surface area (Å²) in [5.74, 6) is 1.01. The van der Waals surface area contributed by atoms with Crippen molar-refractivity contribution in [3.8, 4) is 0 Å². The van der Waals surface area contributed by atoms with E-state index >= 15 is 0 Å². The lowest BCUT2D eigenvalue weighted by Crippen LogP contribution is -2.24. The molecule has 1 amide bonds. The maximum atomic E-state index is 12.2. The topological polar surface area (TPSA) is 38.3 Å². The molecule has 1 heterocycles. The summed E-state index contributed by atoms with van der Waals surface area (Å²) >= 11 is 1.69. The van der Waals surface area contributed by atoms with Crippen molar-refractivity contribution in [2.24, 2.45) is 0 Å². The molecule has 0 radical (unpaired) electrons. The number of ether oxygens (including phenoxy) is 1. The third kappa shape index (κ3) is 3.80. The molecular weight excluding hydrogens is 282 g/mol. The number of amides is 1. The standard InChI is InChI=1S/C17H23NO2S/c1-12(21-11-16-6-3-9-20-16)17(19)18-15-8-7-13-4-2-5-14(13)10-15/h7-8,10,12,16H,2-6,9,11H2,1H3,(H,18,19). The van der Waals surface area contributed by atoms with Crippen LogP contribution >= 0.6 is 11.8 Å². The first-order valence-corrected chi connectivity index (χ1v) is 8.93. The smallest absolute Gasteiger partial charge is 0.237 e. The van der Waals surface area contributed by atoms with Crippen LogP contribution in [0.5, 0.6) is 0 Å². The second-order valence-corrected chi connectivity index (χ2v) is 7.31. The van der Waals surface area contributed by atoms with E-state index in [4.69, 9.17) is 4.74 Å². The van der Waals surface area contributed by atoms with E-state index in [1.165, 1.54) is 24.0 Å². The molecule has 1 aliphatic carbocycles. The normalized spacial score (nSPS) is 22.0. The Balaban J connectivity index is 1.50. The number of hydrogen-bond acceptors (Lipinski definition) is 3. The number of thioether (sulfide) groups is 1. The van der Waals surface area contributed by atoms with Gasteiger partial charge in [0.1, 0.15) is 0 Å². The van der Waals surface area contributed by atoms with Gasteiger partial charge in [0.25, 0.3) is 0 Å². The van der Waals surface area contributed by atoms with Gasteiger partial charge in [-0.1, -0.05) is 6.07 Å². The molecule has 4 heteroatoms. The molecule has 1 aromatic carbocycles. The second-order valence-electron chi connectivity index (χ2n) is 5.94. The summed E-state index contributed by atoms with van der Waals surface area (Å²) < 4.78 is 5.60. The van der Waals surface area contributed by atoms with Gasteiger partial charge in [-0.15, -0.1) is 11.8 Å². The number of benzene rings is 1. The molecule has 2 aliphatic rings. The van der Waals surface area contributed by atoms with Gasteiger partial charge in [0.05, 0.1) is 11.4 Å². The van der Waals surface area contributed by atoms with E-state index in [1.54, 1.807) is 11.8 Å². The number of nitrogens with one attached hydrogen (secondary N) is 1. The Labute approximate surface area is 130 Å². The van der Waals surface area contributed by atoms with Crippen LogP contribution in [0.1, 0.15) is 37.3 Å². The molecule has 3 nitrogen and oxygen atoms in total. The number of fused-ring (bicyclic) bond motifs is 1. The summed E-state index contributed by atoms with van der Waals surface area (Å²) in [7, 11) is 0. The molecule has 3 rings (SSSR count). The van der Waals surface area contributed by atoms with E-state index in [9.17, 15) is 4.79 Å². The Bertz CT molecular complexity index is 512. The van der Waals surface area contributed by atoms with E-state index in [2.05, 4.69) is 17.4 Å². The minimum atomic E-state index is -0.0394. The predicted octanol–water partition coefficient (Wildman–Crippen LogP) is 3.41. The Morgan fingerprint density at radius 1 is 1.38 bits per heavy atom. The summed E-state index contributed by atoms with van der Waals surface area (Å²) in [5.41, 5.74) is 3.77. The van der Waals surface area contributed by atoms with Gasteiger partial charge in [0, 0.05) is 18.0 Å². The van der Waals surface area contributed by atoms with Crippen LogP contribution in [0.15, 0.2) is 18.2 Å². The van der Waals surface area contributed by atoms with E-state index < -0.39 is 0 Å². The van der Waals surface area contributed by atoms with Crippen LogP contribution in [0.2, 0.25) is 0 Å². The van der Waals surface area contributed by atoms with Crippen LogP contribution in [-0.4, -0.2) is 29.6 Å². The largest absolute Gasteiger partial charge is 0.377 e. The van der Waals surface area contributed by atoms with Gasteiger partial charge >= 0.3 is 0 Å². The Kier molecular flexibility index (Phi) is 4.86. The summed E-state index contributed by atoms with van der Waals surface area (Å²) in [6, 6.07) is 6.32. The van der Waals surface area contributed by atoms with Crippen molar-refractivity contribution in [2.75, 3.05) is 17.7 Å². The van der Waals surface area contributed by atoms with Gasteiger partial charge in [-0.05, 0) is 62.3 Å². The maximum absolute atomic E-state index is 12.2. The maximum Gasteiger partial charge on any atom is 0.237 e. The molecule has 2 atom stereocenters. The first-order valence-electron chi connectivity index (χ1n) is 7.88. The highest BCUT2D eigenvalue weighted by atomic mass is 32.2. The van der Waals surface area contributed by atoms with Crippen LogP contribution < -0.4 is 5.32 Å². The van der Waals surface area contributed by atoms with Gasteiger partial charge in [0.15, 0.2) is 0 Å². The summed E-state index contributed by atoms with van der Waals surface area (Å²) in [6.07, 6.45) is 6.18. The van der Waals surface area contributed by atoms with Gasteiger partial charge in [-0.3, -0.25) is 4.79 Å². The first kappa shape index (κ1) is 14.9. The Morgan fingerprint density at radius 3 is 3.05 bits per heavy atom. The minimum Gasteiger partial charge on any atom is -0.377 e. The highest BCUT2D eigenvalue weighted by Crippen LogP contribution is 2.26. The monoisotopic (exact) mass is 305 g/mol. The van der Waals surface area contributed by atoms with Crippen molar-refractivity contribution < 1.29 is 9.53 Å². The number of anilines is 1. The Hall–Kier alpha value is -1.00. The molecule has 1 N–H and O–H groups in total. The van der Waals surface area contributed by atoms with Gasteiger partial charge in [-0.25, -0.2) is 0 Å². The van der Waals surface area contributed by atoms with Crippen LogP contribution in [0.25, 0.3) is 0 Å². The van der Waals surface area contributed by atoms with Crippen molar-refractivity contribution in [3.05, 3.63) is 29.3 Å². The average molecular weight is 305 g/mol. The number of rotatable bonds is 5. The Morgan fingerprint density at radius 2 is 2.24 bits per heavy atom. The van der Waals surface area contributed by atoms with Crippen LogP contribution in [0.3, 0.4) is 0 Å². The van der Waals surface area contributed by atoms with Gasteiger partial charge in [-0.2, -0.15) is 0 Å². The molecule has 1 aromatic rings. The second kappa shape index (κ2) is 6.84. The van der Waals surface area contributed by atoms with Crippen molar-refractivity contribution >= 4 is 23.4 Å². The van der Waals surface area contributed by atoms with E-state index in [0.29, 0.717) is 6.10 Å². The van der Waals surface area contributed by atoms with Gasteiger partial charge in [0.2, 0.25) is 5.91 Å². The molecule has 114 valence electrons. The molecular formula is C17H23NO2S. The molecule has 0 saturated carbocycles. The quantitative estimate of drug-likeness (QED) is 0.906. The fraction of sp³-hybridized carbons (Fsp3) is 0.588. The van der Waals surface area contributed by atoms with Crippen molar-refractivity contribution in [3.63, 3.8) is 0 Å². The molecule has 1 fully saturated rings. The number of carbonyl (C=O) groups excluding carboxylic acids is 1. The first-order chi connectivity index (χ1) is 10.2. The highest BCUT2D eigenvalue weighted by molar-refractivity contribution is 8.00. The molecule has 0 spiro atoms. The zero-order chi connectivity index (χ0) is 14.7. The zero-order valence-electron chi connectivity index (χ0n) is 12.6. The number of hydrogen-bond donors (Lipinski definition) is 1. The predicted molar refractivity (Wildman–Crippen MR) is 88.0 cm³/mol. The molecule has 1 saturated heterocycles. The number of carbonyl (C=O) groups is 1. The highest BCUT2D eigenvalue weighted by Gasteiger charge is 2.20. The average Bonchev–Trinajstić information content (AvgIpc) is 3.15. The summed E-state index contributed by atoms with van der Waals surface area (Å²) in [5, 5.41) is 3.01. The van der Waals surface area contributed by atoms with Crippen LogP contribution in [0.4, 0.5) is 5.69 Å². The number of aryl methyl sites for hydroxylation is 2. The fourth-order valence-corrected chi connectivity index (χ4v) is 3.97. The minimum absolute atomic E-state index is 0.0394. The van der Waals surface area contributed by atoms with Gasteiger partial charge < -0.3 is 10.1 Å². The molecule has 0 bridgehead atoms. The SMILES string of the molecule is CC(SCC1CCCO1)C(=O)Nc1ccc2c(c1)CCC2. The summed E-state index contributed by atoms with van der Waals surface area (Å²) in [4.78, 5) is 12.2. The fourth-order valence-electron chi connectivity index (χ4n) is 3.00. The lowest BCUT2D eigenvalue weighted by atomic mass is 10.1. The van der Waals surface area contributed by atoms with E-state index in [1.807, 2.05) is 13.0 Å². The molecule has 0 aromatic heterocycles. The summed E-state index contributed by atoms with van der Waals surface area (Å²) in [6.45, 7) is 2.85. The van der Waals surface area contributed by atoms with E-state index in [0.717, 1.165) is 37.3 Å². The van der Waals surface area contributed by atoms with E-state index in [-0.39, 0.29) is 11.2 Å².